The van der Waals surface area contributed by atoms with Gasteiger partial charge in [-0.05, 0) is 19.8 Å². The third-order valence-electron chi connectivity index (χ3n) is 1.64. The first kappa shape index (κ1) is 21.4. The van der Waals surface area contributed by atoms with Crippen molar-refractivity contribution in [2.45, 2.75) is 25.8 Å². The molecule has 0 aromatic heterocycles. The molecule has 17 heavy (non-hydrogen) atoms. The van der Waals surface area contributed by atoms with Gasteiger partial charge in [0.2, 0.25) is 0 Å². The van der Waals surface area contributed by atoms with Gasteiger partial charge in [0.1, 0.15) is 11.9 Å². The van der Waals surface area contributed by atoms with Crippen LogP contribution in [0.1, 0.15) is 19.8 Å². The van der Waals surface area contributed by atoms with Gasteiger partial charge in [-0.2, -0.15) is 0 Å². The molecule has 0 aliphatic heterocycles. The Hall–Kier alpha value is -0.850. The lowest BCUT2D eigenvalue weighted by Crippen LogP contribution is -2.29. The average molecular weight is 290 g/mol. The number of nitrogens with two attached hydrogens (primary N) is 2. The van der Waals surface area contributed by atoms with Crippen LogP contribution in [0.15, 0.2) is 16.9 Å². The zero-order valence-electron chi connectivity index (χ0n) is 9.43. The van der Waals surface area contributed by atoms with Crippen LogP contribution in [0.25, 0.3) is 0 Å². The summed E-state index contributed by atoms with van der Waals surface area (Å²) in [6, 6.07) is -0.950. The number of rotatable bonds is 6. The maximum atomic E-state index is 12.9. The van der Waals surface area contributed by atoms with Crippen molar-refractivity contribution in [1.82, 2.24) is 0 Å². The Labute approximate surface area is 112 Å². The monoisotopic (exact) mass is 289 g/mol. The first-order valence-corrected chi connectivity index (χ1v) is 4.53. The average Bonchev–Trinajstić information content (AvgIpc) is 2.14. The third-order valence-corrected chi connectivity index (χ3v) is 1.64. The van der Waals surface area contributed by atoms with Gasteiger partial charge < -0.3 is 16.6 Å². The van der Waals surface area contributed by atoms with Crippen molar-refractivity contribution in [2.75, 3.05) is 6.54 Å². The molecule has 0 unspecified atom stereocenters. The van der Waals surface area contributed by atoms with Crippen LogP contribution in [0.2, 0.25) is 0 Å². The number of aliphatic carboxylic acids is 1. The number of nitrogens with zero attached hydrogens (tertiary/aromatic N) is 1. The highest BCUT2D eigenvalue weighted by atomic mass is 35.5. The zero-order chi connectivity index (χ0) is 11.8. The van der Waals surface area contributed by atoms with Crippen LogP contribution in [-0.4, -0.2) is 29.5 Å². The summed E-state index contributed by atoms with van der Waals surface area (Å²) in [6.45, 7) is 1.46. The second kappa shape index (κ2) is 11.6. The number of halogens is 3. The Morgan fingerprint density at radius 2 is 2.06 bits per heavy atom. The second-order valence-electron chi connectivity index (χ2n) is 3.13. The fourth-order valence-corrected chi connectivity index (χ4v) is 0.808. The molecule has 0 aliphatic rings. The second-order valence-corrected chi connectivity index (χ2v) is 3.13. The molecule has 0 rings (SSSR count). The molecular weight excluding hydrogens is 272 g/mol. The van der Waals surface area contributed by atoms with Gasteiger partial charge in [-0.15, -0.1) is 24.8 Å². The summed E-state index contributed by atoms with van der Waals surface area (Å²) in [5.41, 5.74) is 10.4. The van der Waals surface area contributed by atoms with Crippen molar-refractivity contribution in [3.8, 4) is 0 Å². The van der Waals surface area contributed by atoms with E-state index in [1.807, 2.05) is 0 Å². The van der Waals surface area contributed by atoms with Gasteiger partial charge in [-0.3, -0.25) is 9.79 Å². The van der Waals surface area contributed by atoms with Gasteiger partial charge >= 0.3 is 5.97 Å². The molecular formula is C9H18Cl2FN3O2. The fraction of sp³-hybridized carbons (Fsp3) is 0.556. The van der Waals surface area contributed by atoms with Crippen LogP contribution >= 0.6 is 24.8 Å². The van der Waals surface area contributed by atoms with E-state index in [-0.39, 0.29) is 44.2 Å². The van der Waals surface area contributed by atoms with Crippen molar-refractivity contribution in [1.29, 1.82) is 0 Å². The minimum Gasteiger partial charge on any atom is -0.480 e. The molecule has 5 nitrogen and oxygen atoms in total. The van der Waals surface area contributed by atoms with Gasteiger partial charge in [0.05, 0.1) is 12.4 Å². The number of hydrogen-bond donors (Lipinski definition) is 3. The van der Waals surface area contributed by atoms with Crippen LogP contribution in [0.4, 0.5) is 4.39 Å². The molecule has 0 aliphatic carbocycles. The molecule has 0 saturated heterocycles. The molecule has 0 fully saturated rings. The van der Waals surface area contributed by atoms with Crippen molar-refractivity contribution in [3.05, 3.63) is 11.9 Å². The summed E-state index contributed by atoms with van der Waals surface area (Å²) in [5.74, 6) is -1.21. The normalized spacial score (nSPS) is 13.4. The largest absolute Gasteiger partial charge is 0.480 e. The molecule has 0 amide bonds. The lowest BCUT2D eigenvalue weighted by Gasteiger charge is -2.02. The van der Waals surface area contributed by atoms with Crippen LogP contribution in [0, 0.1) is 0 Å². The van der Waals surface area contributed by atoms with Crippen LogP contribution < -0.4 is 11.5 Å². The highest BCUT2D eigenvalue weighted by Gasteiger charge is 2.09. The minimum atomic E-state index is -1.08. The smallest absolute Gasteiger partial charge is 0.320 e. The van der Waals surface area contributed by atoms with E-state index < -0.39 is 17.8 Å². The Morgan fingerprint density at radius 3 is 2.47 bits per heavy atom. The third kappa shape index (κ3) is 13.1. The first-order chi connectivity index (χ1) is 6.93. The molecule has 0 aromatic carbocycles. The van der Waals surface area contributed by atoms with Gasteiger partial charge in [-0.1, -0.05) is 6.08 Å². The van der Waals surface area contributed by atoms with Crippen molar-refractivity contribution in [3.63, 3.8) is 0 Å². The lowest BCUT2D eigenvalue weighted by molar-refractivity contribution is -0.138. The van der Waals surface area contributed by atoms with Crippen molar-refractivity contribution < 1.29 is 14.3 Å². The summed E-state index contributed by atoms with van der Waals surface area (Å²) in [4.78, 5) is 14.0. The number of amidine groups is 1. The highest BCUT2D eigenvalue weighted by Crippen LogP contribution is 2.03. The van der Waals surface area contributed by atoms with Crippen molar-refractivity contribution in [2.24, 2.45) is 16.5 Å². The van der Waals surface area contributed by atoms with Gasteiger partial charge in [0, 0.05) is 0 Å². The fourth-order valence-electron chi connectivity index (χ4n) is 0.808. The maximum absolute atomic E-state index is 12.9. The van der Waals surface area contributed by atoms with E-state index in [0.29, 0.717) is 5.84 Å². The molecule has 0 bridgehead atoms. The molecule has 8 heteroatoms. The van der Waals surface area contributed by atoms with Gasteiger partial charge in [-0.25, -0.2) is 4.39 Å². The number of carbonyl (C=O) groups is 1. The Bertz CT molecular complexity index is 281. The predicted octanol–water partition coefficient (Wildman–Crippen LogP) is 1.25. The number of aliphatic imine (C=N–C) groups is 1. The number of carboxylic acids is 1. The first-order valence-electron chi connectivity index (χ1n) is 4.53. The quantitative estimate of drug-likeness (QED) is 0.506. The minimum absolute atomic E-state index is 0. The van der Waals surface area contributed by atoms with Crippen LogP contribution in [0.5, 0.6) is 0 Å². The number of allylic oxidation sites excluding steroid dienone is 1. The van der Waals surface area contributed by atoms with E-state index in [9.17, 15) is 9.18 Å². The lowest BCUT2D eigenvalue weighted by atomic mass is 10.1. The van der Waals surface area contributed by atoms with E-state index in [1.54, 1.807) is 6.92 Å². The number of hydrogen-bond acceptors (Lipinski definition) is 3. The number of carboxylic acid groups (broad SMARTS) is 1. The predicted molar refractivity (Wildman–Crippen MR) is 70.7 cm³/mol. The van der Waals surface area contributed by atoms with Crippen LogP contribution in [-0.2, 0) is 4.79 Å². The molecule has 0 aromatic rings. The van der Waals surface area contributed by atoms with E-state index >= 15 is 0 Å². The Kier molecular flexibility index (Phi) is 14.7. The Balaban J connectivity index is -0.000000980. The maximum Gasteiger partial charge on any atom is 0.320 e. The standard InChI is InChI=1S/C9H16FN3O2.2ClH/c1-6(11)13-5-7(10)3-2-4-8(12)9(14)15;;/h3,8H,2,4-5,12H2,1H3,(H2,11,13)(H,14,15);2*1H/b7-3-;;/t8-;;/m0../s1. The molecule has 0 radical (unpaired) electrons. The molecule has 0 heterocycles. The molecule has 0 spiro atoms. The summed E-state index contributed by atoms with van der Waals surface area (Å²) in [5, 5.41) is 8.45. The van der Waals surface area contributed by atoms with Gasteiger partial charge in [0.25, 0.3) is 0 Å². The molecule has 1 atom stereocenters. The van der Waals surface area contributed by atoms with Crippen molar-refractivity contribution >= 4 is 36.6 Å². The van der Waals surface area contributed by atoms with Crippen LogP contribution in [0.3, 0.4) is 0 Å². The SMILES string of the molecule is CC(N)=NC/C(F)=C/CC[C@H](N)C(=O)O.Cl.Cl. The summed E-state index contributed by atoms with van der Waals surface area (Å²) in [7, 11) is 0. The van der Waals surface area contributed by atoms with E-state index in [4.69, 9.17) is 16.6 Å². The Morgan fingerprint density at radius 1 is 1.53 bits per heavy atom. The van der Waals surface area contributed by atoms with Gasteiger partial charge in [0.15, 0.2) is 0 Å². The van der Waals surface area contributed by atoms with E-state index in [1.165, 1.54) is 6.08 Å². The van der Waals surface area contributed by atoms with E-state index in [0.717, 1.165) is 0 Å². The zero-order valence-corrected chi connectivity index (χ0v) is 11.1. The molecule has 5 N–H and O–H groups in total. The topological polar surface area (TPSA) is 102 Å². The summed E-state index contributed by atoms with van der Waals surface area (Å²) >= 11 is 0. The van der Waals surface area contributed by atoms with E-state index in [2.05, 4.69) is 4.99 Å². The molecule has 0 saturated carbocycles. The summed E-state index contributed by atoms with van der Waals surface area (Å²) < 4.78 is 12.9. The summed E-state index contributed by atoms with van der Waals surface area (Å²) in [6.07, 6.45) is 1.75. The molecule has 102 valence electrons. The highest BCUT2D eigenvalue weighted by molar-refractivity contribution is 5.85.